The maximum atomic E-state index is 13.0. The van der Waals surface area contributed by atoms with Gasteiger partial charge in [0.25, 0.3) is 11.8 Å². The number of hydrogen-bond donors (Lipinski definition) is 1. The largest absolute Gasteiger partial charge is 0.369 e. The number of carbonyl (C=O) groups is 4. The summed E-state index contributed by atoms with van der Waals surface area (Å²) in [6.07, 6.45) is 1.87. The second-order valence-corrected chi connectivity index (χ2v) is 8.45. The number of nitrogens with one attached hydrogen (secondary N) is 1. The molecule has 0 unspecified atom stereocenters. The van der Waals surface area contributed by atoms with Crippen LogP contribution in [0.3, 0.4) is 0 Å². The first-order valence-corrected chi connectivity index (χ1v) is 10.9. The van der Waals surface area contributed by atoms with Gasteiger partial charge in [-0.25, -0.2) is 9.80 Å². The van der Waals surface area contributed by atoms with Crippen LogP contribution in [0.1, 0.15) is 38.4 Å². The highest BCUT2D eigenvalue weighted by Crippen LogP contribution is 2.27. The Morgan fingerprint density at radius 3 is 2.39 bits per heavy atom. The van der Waals surface area contributed by atoms with E-state index in [9.17, 15) is 19.2 Å². The number of hydrazine groups is 1. The molecule has 2 saturated heterocycles. The molecule has 1 aromatic carbocycles. The van der Waals surface area contributed by atoms with Crippen LogP contribution in [0.2, 0.25) is 0 Å². The summed E-state index contributed by atoms with van der Waals surface area (Å²) in [6.45, 7) is 6.17. The first-order valence-electron chi connectivity index (χ1n) is 10.9. The summed E-state index contributed by atoms with van der Waals surface area (Å²) < 4.78 is 0. The predicted octanol–water partition coefficient (Wildman–Crippen LogP) is 1.17. The minimum atomic E-state index is -0.761. The minimum Gasteiger partial charge on any atom is -0.369 e. The summed E-state index contributed by atoms with van der Waals surface area (Å²) in [5.41, 5.74) is 3.66. The average Bonchev–Trinajstić information content (AvgIpc) is 3.04. The zero-order valence-electron chi connectivity index (χ0n) is 18.3. The summed E-state index contributed by atoms with van der Waals surface area (Å²) in [5.74, 6) is -1.51. The molecule has 10 nitrogen and oxygen atoms in total. The third kappa shape index (κ3) is 3.93. The third-order valence-electron chi connectivity index (χ3n) is 6.23. The summed E-state index contributed by atoms with van der Waals surface area (Å²) in [6, 6.07) is 8.59. The normalized spacial score (nSPS) is 19.2. The van der Waals surface area contributed by atoms with E-state index in [0.717, 1.165) is 47.5 Å². The number of anilines is 1. The third-order valence-corrected chi connectivity index (χ3v) is 6.23. The number of nitrogens with zero attached hydrogens (tertiary/aromatic N) is 5. The van der Waals surface area contributed by atoms with Crippen molar-refractivity contribution in [1.82, 2.24) is 25.2 Å². The van der Waals surface area contributed by atoms with Crippen molar-refractivity contribution >= 4 is 29.4 Å². The quantitative estimate of drug-likeness (QED) is 0.700. The summed E-state index contributed by atoms with van der Waals surface area (Å²) >= 11 is 0. The number of aryl methyl sites for hydroxylation is 1. The van der Waals surface area contributed by atoms with Crippen molar-refractivity contribution in [3.8, 4) is 0 Å². The second-order valence-electron chi connectivity index (χ2n) is 8.45. The fraction of sp³-hybridized carbons (Fsp3) is 0.348. The maximum absolute atomic E-state index is 13.0. The highest BCUT2D eigenvalue weighted by Gasteiger charge is 2.43. The number of hydrogen-bond acceptors (Lipinski definition) is 7. The highest BCUT2D eigenvalue weighted by atomic mass is 16.2. The number of piperazine rings is 1. The van der Waals surface area contributed by atoms with Crippen LogP contribution >= 0.6 is 0 Å². The molecule has 5 amide bonds. The lowest BCUT2D eigenvalue weighted by atomic mass is 10.1. The van der Waals surface area contributed by atoms with Crippen molar-refractivity contribution in [3.63, 3.8) is 0 Å². The van der Waals surface area contributed by atoms with Crippen LogP contribution in [0.25, 0.3) is 0 Å². The molecule has 1 aromatic heterocycles. The van der Waals surface area contributed by atoms with Gasteiger partial charge >= 0.3 is 6.03 Å². The standard InChI is InChI=1S/C23H24N6O4/c1-15-12-17(4-6-24-15)27-10-8-26(9-11-27)14-16-2-3-18-19(13-16)22(32)29(21(18)31)28-7-5-20(30)25-23(28)33/h2-4,6,12-13H,5,7-11,14H2,1H3,(H,25,30,33). The summed E-state index contributed by atoms with van der Waals surface area (Å²) in [7, 11) is 0. The molecule has 0 atom stereocenters. The average molecular weight is 448 g/mol. The number of amides is 5. The molecule has 2 aromatic rings. The Morgan fingerprint density at radius 1 is 0.909 bits per heavy atom. The Bertz CT molecular complexity index is 1160. The first kappa shape index (κ1) is 21.1. The lowest BCUT2D eigenvalue weighted by Crippen LogP contribution is -2.58. The van der Waals surface area contributed by atoms with Crippen LogP contribution in [0.4, 0.5) is 10.5 Å². The van der Waals surface area contributed by atoms with Gasteiger partial charge in [-0.15, -0.1) is 0 Å². The number of benzene rings is 1. The molecule has 4 heterocycles. The molecule has 0 saturated carbocycles. The van der Waals surface area contributed by atoms with Gasteiger partial charge in [-0.3, -0.25) is 29.6 Å². The van der Waals surface area contributed by atoms with Gasteiger partial charge in [0.05, 0.1) is 17.7 Å². The first-order chi connectivity index (χ1) is 15.9. The Balaban J connectivity index is 1.26. The Hall–Kier alpha value is -3.79. The van der Waals surface area contributed by atoms with Crippen molar-refractivity contribution in [2.45, 2.75) is 19.9 Å². The van der Waals surface area contributed by atoms with Gasteiger partial charge in [0.2, 0.25) is 5.91 Å². The molecule has 33 heavy (non-hydrogen) atoms. The molecule has 3 aliphatic rings. The Labute approximate surface area is 190 Å². The van der Waals surface area contributed by atoms with E-state index in [1.54, 1.807) is 12.1 Å². The maximum Gasteiger partial charge on any atom is 0.343 e. The molecule has 170 valence electrons. The van der Waals surface area contributed by atoms with E-state index in [2.05, 4.69) is 26.2 Å². The zero-order chi connectivity index (χ0) is 23.1. The lowest BCUT2D eigenvalue weighted by Gasteiger charge is -2.36. The molecular formula is C23H24N6O4. The molecular weight excluding hydrogens is 424 g/mol. The van der Waals surface area contributed by atoms with E-state index < -0.39 is 23.8 Å². The van der Waals surface area contributed by atoms with E-state index in [4.69, 9.17) is 0 Å². The SMILES string of the molecule is Cc1cc(N2CCN(Cc3ccc4c(c3)C(=O)N(N3CCC(=O)NC3=O)C4=O)CC2)ccn1. The van der Waals surface area contributed by atoms with Crippen LogP contribution in [0, 0.1) is 6.92 Å². The molecule has 0 aliphatic carbocycles. The Kier molecular flexibility index (Phi) is 5.29. The predicted molar refractivity (Wildman–Crippen MR) is 118 cm³/mol. The molecule has 5 rings (SSSR count). The number of pyridine rings is 1. The van der Waals surface area contributed by atoms with Crippen molar-refractivity contribution in [2.24, 2.45) is 0 Å². The fourth-order valence-electron chi connectivity index (χ4n) is 4.49. The number of fused-ring (bicyclic) bond motifs is 1. The van der Waals surface area contributed by atoms with E-state index in [-0.39, 0.29) is 24.1 Å². The van der Waals surface area contributed by atoms with Gasteiger partial charge in [-0.2, -0.15) is 5.01 Å². The van der Waals surface area contributed by atoms with Crippen molar-refractivity contribution in [3.05, 3.63) is 58.9 Å². The van der Waals surface area contributed by atoms with Gasteiger partial charge in [0.15, 0.2) is 0 Å². The number of carbonyl (C=O) groups excluding carboxylic acids is 4. The Morgan fingerprint density at radius 2 is 1.67 bits per heavy atom. The van der Waals surface area contributed by atoms with Crippen LogP contribution in [-0.2, 0) is 11.3 Å². The number of rotatable bonds is 4. The van der Waals surface area contributed by atoms with Crippen LogP contribution in [0.5, 0.6) is 0 Å². The molecule has 0 bridgehead atoms. The molecule has 2 fully saturated rings. The van der Waals surface area contributed by atoms with Gasteiger partial charge < -0.3 is 4.90 Å². The van der Waals surface area contributed by atoms with Crippen molar-refractivity contribution < 1.29 is 19.2 Å². The number of imide groups is 2. The summed E-state index contributed by atoms with van der Waals surface area (Å²) in [5, 5.41) is 3.99. The van der Waals surface area contributed by atoms with Crippen molar-refractivity contribution in [2.75, 3.05) is 37.6 Å². The lowest BCUT2D eigenvalue weighted by molar-refractivity contribution is -0.122. The van der Waals surface area contributed by atoms with Crippen LogP contribution in [-0.4, -0.2) is 76.4 Å². The van der Waals surface area contributed by atoms with Crippen molar-refractivity contribution in [1.29, 1.82) is 0 Å². The van der Waals surface area contributed by atoms with Gasteiger partial charge in [-0.1, -0.05) is 6.07 Å². The smallest absolute Gasteiger partial charge is 0.343 e. The van der Waals surface area contributed by atoms with E-state index in [1.165, 1.54) is 5.69 Å². The van der Waals surface area contributed by atoms with Crippen LogP contribution < -0.4 is 10.2 Å². The summed E-state index contributed by atoms with van der Waals surface area (Å²) in [4.78, 5) is 58.2. The fourth-order valence-corrected chi connectivity index (χ4v) is 4.49. The monoisotopic (exact) mass is 448 g/mol. The molecule has 0 radical (unpaired) electrons. The highest BCUT2D eigenvalue weighted by molar-refractivity contribution is 6.22. The zero-order valence-corrected chi connectivity index (χ0v) is 18.3. The molecule has 1 N–H and O–H groups in total. The van der Waals surface area contributed by atoms with Crippen LogP contribution in [0.15, 0.2) is 36.5 Å². The van der Waals surface area contributed by atoms with Gasteiger partial charge in [0.1, 0.15) is 0 Å². The topological polar surface area (TPSA) is 106 Å². The molecule has 3 aliphatic heterocycles. The minimum absolute atomic E-state index is 0.00965. The van der Waals surface area contributed by atoms with E-state index >= 15 is 0 Å². The van der Waals surface area contributed by atoms with E-state index in [0.29, 0.717) is 6.54 Å². The van der Waals surface area contributed by atoms with Gasteiger partial charge in [-0.05, 0) is 36.8 Å². The van der Waals surface area contributed by atoms with Gasteiger partial charge in [0, 0.05) is 56.7 Å². The molecule has 0 spiro atoms. The number of aromatic nitrogens is 1. The number of urea groups is 1. The van der Waals surface area contributed by atoms with E-state index in [1.807, 2.05) is 25.3 Å². The second kappa shape index (κ2) is 8.28. The molecule has 10 heteroatoms.